The third kappa shape index (κ3) is 5.42. The molecular weight excluding hydrogens is 648 g/mol. The summed E-state index contributed by atoms with van der Waals surface area (Å²) >= 11 is 9.40. The summed E-state index contributed by atoms with van der Waals surface area (Å²) in [7, 11) is 0. The average molecular weight is 674 g/mol. The van der Waals surface area contributed by atoms with Crippen LogP contribution in [0.25, 0.3) is 22.2 Å². The molecule has 230 valence electrons. The second-order valence-electron chi connectivity index (χ2n) is 10.0. The van der Waals surface area contributed by atoms with E-state index in [1.807, 2.05) is 6.07 Å². The lowest BCUT2D eigenvalue weighted by Gasteiger charge is -2.27. The predicted molar refractivity (Wildman–Crippen MR) is 154 cm³/mol. The van der Waals surface area contributed by atoms with Crippen LogP contribution in [-0.4, -0.2) is 94.0 Å². The molecule has 3 aromatic heterocycles. The second kappa shape index (κ2) is 11.1. The number of imidazole rings is 2. The number of fused-ring (bicyclic) bond motifs is 6. The molecule has 21 heteroatoms. The molecule has 43 heavy (non-hydrogen) atoms. The number of aromatic nitrogens is 6. The number of ether oxygens (including phenoxy) is 2. The second-order valence-corrected chi connectivity index (χ2v) is 15.7. The van der Waals surface area contributed by atoms with Crippen LogP contribution in [0.1, 0.15) is 12.5 Å². The zero-order valence-electron chi connectivity index (χ0n) is 21.8. The average Bonchev–Trinajstić information content (AvgIpc) is 3.72. The summed E-state index contributed by atoms with van der Waals surface area (Å²) in [6.45, 7) is -9.30. The topological polar surface area (TPSA) is 221 Å². The van der Waals surface area contributed by atoms with Crippen molar-refractivity contribution < 1.29 is 47.2 Å². The molecule has 3 aliphatic heterocycles. The third-order valence-corrected chi connectivity index (χ3v) is 10.5. The summed E-state index contributed by atoms with van der Waals surface area (Å²) < 4.78 is 51.3. The van der Waals surface area contributed by atoms with Gasteiger partial charge in [-0.15, -0.1) is 0 Å². The Morgan fingerprint density at radius 1 is 0.930 bits per heavy atom. The van der Waals surface area contributed by atoms with Gasteiger partial charge in [-0.3, -0.25) is 18.1 Å². The number of rotatable bonds is 2. The first-order valence-corrected chi connectivity index (χ1v) is 18.1. The van der Waals surface area contributed by atoms with E-state index in [0.717, 1.165) is 0 Å². The highest BCUT2D eigenvalue weighted by molar-refractivity contribution is 8.44. The Kier molecular flexibility index (Phi) is 7.62. The summed E-state index contributed by atoms with van der Waals surface area (Å²) in [6.07, 6.45) is -5.99. The number of hydrogen-bond acceptors (Lipinski definition) is 15. The molecule has 3 saturated heterocycles. The molecule has 3 aliphatic rings. The van der Waals surface area contributed by atoms with Crippen molar-refractivity contribution in [2.75, 3.05) is 18.9 Å². The van der Waals surface area contributed by atoms with Crippen LogP contribution in [0.5, 0.6) is 0 Å². The number of aliphatic hydroxyl groups excluding tert-OH is 2. The van der Waals surface area contributed by atoms with Crippen molar-refractivity contribution in [2.24, 2.45) is 0 Å². The first kappa shape index (κ1) is 29.6. The maximum atomic E-state index is 13.5. The third-order valence-electron chi connectivity index (χ3n) is 7.36. The number of nitrogens with zero attached hydrogens (tertiary/aromatic N) is 6. The van der Waals surface area contributed by atoms with Crippen LogP contribution in [-0.2, 0) is 43.9 Å². The Morgan fingerprint density at radius 3 is 2.35 bits per heavy atom. The van der Waals surface area contributed by atoms with Gasteiger partial charge in [-0.25, -0.2) is 24.5 Å². The van der Waals surface area contributed by atoms with Gasteiger partial charge in [0.05, 0.1) is 36.9 Å². The Morgan fingerprint density at radius 2 is 1.58 bits per heavy atom. The highest BCUT2D eigenvalue weighted by atomic mass is 32.7. The smallest absolute Gasteiger partial charge is 0.386 e. The van der Waals surface area contributed by atoms with Crippen molar-refractivity contribution in [1.29, 1.82) is 0 Å². The quantitative estimate of drug-likeness (QED) is 0.148. The van der Waals surface area contributed by atoms with E-state index in [1.54, 1.807) is 22.8 Å². The molecule has 4 bridgehead atoms. The van der Waals surface area contributed by atoms with Crippen LogP contribution < -0.4 is 5.73 Å². The zero-order chi connectivity index (χ0) is 30.1. The van der Waals surface area contributed by atoms with Crippen molar-refractivity contribution in [3.8, 4) is 0 Å². The first-order valence-electron chi connectivity index (χ1n) is 12.8. The van der Waals surface area contributed by atoms with Crippen molar-refractivity contribution in [2.45, 2.75) is 49.1 Å². The fourth-order valence-electron chi connectivity index (χ4n) is 5.33. The number of nitrogen functional groups attached to an aromatic ring is 1. The fraction of sp³-hybridized carbons (Fsp3) is 0.455. The molecule has 0 aliphatic carbocycles. The van der Waals surface area contributed by atoms with Gasteiger partial charge in [0.25, 0.3) is 0 Å². The van der Waals surface area contributed by atoms with E-state index in [0.29, 0.717) is 11.0 Å². The maximum Gasteiger partial charge on any atom is 0.386 e. The molecule has 5 N–H and O–H groups in total. The lowest BCUT2D eigenvalue weighted by molar-refractivity contribution is -0.0599. The Labute approximate surface area is 252 Å². The number of para-hydroxylation sites is 2. The monoisotopic (exact) mass is 673 g/mol. The van der Waals surface area contributed by atoms with Crippen LogP contribution in [0.2, 0.25) is 0 Å². The van der Waals surface area contributed by atoms with Crippen LogP contribution in [0.15, 0.2) is 43.2 Å². The van der Waals surface area contributed by atoms with Crippen molar-refractivity contribution >= 4 is 65.6 Å². The van der Waals surface area contributed by atoms with E-state index >= 15 is 0 Å². The molecule has 17 nitrogen and oxygen atoms in total. The standard InChI is InChI=1S/C22H25N7O10P2S2/c23-19-14-20(25-7-24-19)29(9-27-14)22-18-16(31)13(37-22)6-35-40(32,42)38-17-15(30)12(5-34-41(33,43)39-18)36-21(17)28-8-26-10-3-1-2-4-11(10)28/h1-4,7-9,12-13,15-18,21-22,30-31H,5-6H2,(H,32,42)(H,33,43)(H2,23,24,25). The molecule has 0 spiro atoms. The summed E-state index contributed by atoms with van der Waals surface area (Å²) in [6, 6.07) is 7.20. The fourth-order valence-corrected chi connectivity index (χ4v) is 8.20. The highest BCUT2D eigenvalue weighted by Crippen LogP contribution is 2.58. The SMILES string of the molecule is Nc1ncnc2c1ncn2C1OC2COP(O)(=S)OC3C(O)C(COP(=O)(S)OC1C2O)OC3n1cnc2ccccc21. The first-order chi connectivity index (χ1) is 20.5. The van der Waals surface area contributed by atoms with Gasteiger partial charge in [-0.1, -0.05) is 24.4 Å². The van der Waals surface area contributed by atoms with E-state index in [1.165, 1.54) is 23.5 Å². The van der Waals surface area contributed by atoms with Gasteiger partial charge in [-0.2, -0.15) is 0 Å². The van der Waals surface area contributed by atoms with Crippen molar-refractivity contribution in [3.05, 3.63) is 43.2 Å². The molecule has 0 amide bonds. The number of thiol groups is 1. The minimum absolute atomic E-state index is 0.106. The molecular formula is C22H25N7O10P2S2. The van der Waals surface area contributed by atoms with Gasteiger partial charge in [0.1, 0.15) is 48.5 Å². The number of nitrogens with two attached hydrogens (primary N) is 1. The van der Waals surface area contributed by atoms with Gasteiger partial charge in [-0.05, 0) is 23.9 Å². The predicted octanol–water partition coefficient (Wildman–Crippen LogP) is 1.05. The van der Waals surface area contributed by atoms with E-state index in [4.69, 9.17) is 45.1 Å². The highest BCUT2D eigenvalue weighted by Gasteiger charge is 2.52. The van der Waals surface area contributed by atoms with Crippen molar-refractivity contribution in [1.82, 2.24) is 29.1 Å². The molecule has 10 unspecified atom stereocenters. The van der Waals surface area contributed by atoms with E-state index in [-0.39, 0.29) is 17.0 Å². The number of aliphatic hydroxyl groups is 2. The van der Waals surface area contributed by atoms with Crippen LogP contribution in [0, 0.1) is 0 Å². The largest absolute Gasteiger partial charge is 0.387 e. The molecule has 7 rings (SSSR count). The normalized spacial score (nSPS) is 38.9. The Bertz CT molecular complexity index is 1780. The minimum Gasteiger partial charge on any atom is -0.387 e. The summed E-state index contributed by atoms with van der Waals surface area (Å²) in [5.74, 6) is 0.106. The molecule has 6 heterocycles. The van der Waals surface area contributed by atoms with E-state index in [9.17, 15) is 19.7 Å². The zero-order valence-corrected chi connectivity index (χ0v) is 25.3. The van der Waals surface area contributed by atoms with Gasteiger partial charge in [0.15, 0.2) is 23.9 Å². The van der Waals surface area contributed by atoms with E-state index in [2.05, 4.69) is 32.2 Å². The van der Waals surface area contributed by atoms with Gasteiger partial charge in [0, 0.05) is 0 Å². The van der Waals surface area contributed by atoms with E-state index < -0.39 is 75.8 Å². The summed E-state index contributed by atoms with van der Waals surface area (Å²) in [5, 5.41) is 22.4. The Hall–Kier alpha value is -2.09. The number of benzene rings is 1. The molecule has 10 atom stereocenters. The molecule has 0 radical (unpaired) electrons. The molecule has 3 fully saturated rings. The lowest BCUT2D eigenvalue weighted by atomic mass is 10.1. The van der Waals surface area contributed by atoms with Gasteiger partial charge >= 0.3 is 13.5 Å². The van der Waals surface area contributed by atoms with Crippen LogP contribution in [0.4, 0.5) is 5.82 Å². The lowest BCUT2D eigenvalue weighted by Crippen LogP contribution is -2.37. The van der Waals surface area contributed by atoms with Gasteiger partial charge in [0.2, 0.25) is 0 Å². The van der Waals surface area contributed by atoms with Crippen LogP contribution >= 0.6 is 25.8 Å². The van der Waals surface area contributed by atoms with Crippen molar-refractivity contribution in [3.63, 3.8) is 0 Å². The maximum absolute atomic E-state index is 13.5. The minimum atomic E-state index is -4.25. The summed E-state index contributed by atoms with van der Waals surface area (Å²) in [4.78, 5) is 27.7. The molecule has 1 aromatic carbocycles. The van der Waals surface area contributed by atoms with Crippen LogP contribution in [0.3, 0.4) is 0 Å². The number of hydrogen-bond donors (Lipinski definition) is 5. The molecule has 0 saturated carbocycles. The Balaban J connectivity index is 1.22. The summed E-state index contributed by atoms with van der Waals surface area (Å²) in [5.41, 5.74) is 7.72. The number of anilines is 1. The van der Waals surface area contributed by atoms with Gasteiger partial charge < -0.3 is 39.4 Å². The molecule has 4 aromatic rings.